The minimum Gasteiger partial charge on any atom is -0.614 e. The van der Waals surface area contributed by atoms with Gasteiger partial charge in [-0.25, -0.2) is 4.79 Å². The van der Waals surface area contributed by atoms with E-state index in [9.17, 15) is 23.7 Å². The topological polar surface area (TPSA) is 125 Å². The lowest BCUT2D eigenvalue weighted by Crippen LogP contribution is -2.76. The minimum atomic E-state index is -1.68. The Hall–Kier alpha value is -2.02. The Kier molecular flexibility index (Phi) is 7.82. The zero-order valence-electron chi connectivity index (χ0n) is 18.9. The molecule has 1 fully saturated rings. The Labute approximate surface area is 203 Å². The summed E-state index contributed by atoms with van der Waals surface area (Å²) in [5.41, 5.74) is -0.679. The van der Waals surface area contributed by atoms with Gasteiger partial charge >= 0.3 is 11.9 Å². The molecule has 33 heavy (non-hydrogen) atoms. The third kappa shape index (κ3) is 5.56. The van der Waals surface area contributed by atoms with E-state index in [1.807, 2.05) is 17.5 Å². The number of carbonyl (C=O) groups excluding carboxylic acids is 4. The highest BCUT2D eigenvalue weighted by Crippen LogP contribution is 2.44. The van der Waals surface area contributed by atoms with Crippen LogP contribution in [0.15, 0.2) is 28.8 Å². The van der Waals surface area contributed by atoms with Crippen LogP contribution in [0.4, 0.5) is 0 Å². The van der Waals surface area contributed by atoms with Crippen LogP contribution in [-0.4, -0.2) is 67.7 Å². The maximum Gasteiger partial charge on any atom is 0.356 e. The summed E-state index contributed by atoms with van der Waals surface area (Å²) in [6.07, 6.45) is 1.81. The molecule has 0 spiro atoms. The second kappa shape index (κ2) is 10.1. The Morgan fingerprint density at radius 3 is 2.58 bits per heavy atom. The maximum absolute atomic E-state index is 13.4. The fraction of sp³-hybridized carbons (Fsp3) is 0.524. The normalized spacial score (nSPS) is 24.7. The third-order valence-corrected chi connectivity index (χ3v) is 9.19. The molecule has 1 saturated heterocycles. The van der Waals surface area contributed by atoms with E-state index in [2.05, 4.69) is 5.32 Å². The number of thioether (sulfide) groups is 1. The molecule has 0 radical (unpaired) electrons. The van der Waals surface area contributed by atoms with Gasteiger partial charge in [-0.15, -0.1) is 23.1 Å². The summed E-state index contributed by atoms with van der Waals surface area (Å²) in [5.74, 6) is -2.29. The van der Waals surface area contributed by atoms with Gasteiger partial charge in [0.1, 0.15) is 17.9 Å². The molecule has 12 heteroatoms. The van der Waals surface area contributed by atoms with Gasteiger partial charge < -0.3 is 19.3 Å². The van der Waals surface area contributed by atoms with Crippen LogP contribution in [0.3, 0.4) is 0 Å². The summed E-state index contributed by atoms with van der Waals surface area (Å²) in [7, 11) is 0. The summed E-state index contributed by atoms with van der Waals surface area (Å²) in [6, 6.07) is 2.61. The van der Waals surface area contributed by atoms with E-state index in [4.69, 9.17) is 9.47 Å². The van der Waals surface area contributed by atoms with Gasteiger partial charge in [0.15, 0.2) is 10.6 Å². The lowest BCUT2D eigenvalue weighted by Gasteiger charge is -2.51. The van der Waals surface area contributed by atoms with E-state index < -0.39 is 50.6 Å². The smallest absolute Gasteiger partial charge is 0.356 e. The highest BCUT2D eigenvalue weighted by molar-refractivity contribution is 8.13. The molecule has 2 aliphatic rings. The average Bonchev–Trinajstić information content (AvgIpc) is 3.21. The first-order chi connectivity index (χ1) is 15.4. The molecular weight excluding hydrogens is 488 g/mol. The van der Waals surface area contributed by atoms with Crippen LogP contribution in [0.1, 0.15) is 32.6 Å². The van der Waals surface area contributed by atoms with E-state index in [1.54, 1.807) is 27.0 Å². The van der Waals surface area contributed by atoms with Gasteiger partial charge in [-0.3, -0.25) is 19.3 Å². The third-order valence-electron chi connectivity index (χ3n) is 4.79. The van der Waals surface area contributed by atoms with Crippen LogP contribution >= 0.6 is 23.1 Å². The number of thiophene rings is 1. The van der Waals surface area contributed by atoms with Crippen LogP contribution in [0.2, 0.25) is 0 Å². The molecule has 4 atom stereocenters. The Bertz CT molecular complexity index is 971. The molecule has 1 aromatic heterocycles. The first-order valence-corrected chi connectivity index (χ1v) is 13.6. The van der Waals surface area contributed by atoms with Gasteiger partial charge in [0.2, 0.25) is 11.3 Å². The average molecular weight is 515 g/mol. The molecule has 3 rings (SSSR count). The quantitative estimate of drug-likeness (QED) is 0.330. The molecule has 0 aromatic carbocycles. The maximum atomic E-state index is 13.4. The van der Waals surface area contributed by atoms with Gasteiger partial charge in [-0.1, -0.05) is 6.07 Å². The van der Waals surface area contributed by atoms with Crippen LogP contribution in [0.25, 0.3) is 0 Å². The van der Waals surface area contributed by atoms with Crippen molar-refractivity contribution < 1.29 is 33.2 Å². The lowest BCUT2D eigenvalue weighted by atomic mass is 10.0. The van der Waals surface area contributed by atoms with Crippen LogP contribution in [0.5, 0.6) is 0 Å². The molecule has 9 nitrogen and oxygen atoms in total. The highest BCUT2D eigenvalue weighted by atomic mass is 32.3. The van der Waals surface area contributed by atoms with Gasteiger partial charge in [-0.2, -0.15) is 0 Å². The molecule has 1 N–H and O–H groups in total. The van der Waals surface area contributed by atoms with Crippen molar-refractivity contribution in [2.45, 2.75) is 55.7 Å². The van der Waals surface area contributed by atoms with Crippen molar-refractivity contribution in [2.75, 3.05) is 12.9 Å². The van der Waals surface area contributed by atoms with Crippen molar-refractivity contribution >= 4 is 58.0 Å². The van der Waals surface area contributed by atoms with Crippen molar-refractivity contribution in [2.24, 2.45) is 0 Å². The largest absolute Gasteiger partial charge is 0.614 e. The molecule has 3 heterocycles. The number of rotatable bonds is 7. The SMILES string of the molecule is CSC1C(COC(C)=O)=C(C(=O)OC(C)(C)C)N2C(=O)[C@@H](NC(=O)Cc3cccs3)[C@H]2[S+]1[O-]. The first-order valence-electron chi connectivity index (χ1n) is 10.1. The second-order valence-electron chi connectivity index (χ2n) is 8.45. The van der Waals surface area contributed by atoms with Crippen molar-refractivity contribution in [1.29, 1.82) is 0 Å². The number of carbonyl (C=O) groups is 4. The minimum absolute atomic E-state index is 0.0797. The number of ether oxygens (including phenoxy) is 2. The predicted octanol–water partition coefficient (Wildman–Crippen LogP) is 1.55. The number of nitrogens with one attached hydrogen (secondary N) is 1. The van der Waals surface area contributed by atoms with Gasteiger partial charge in [0, 0.05) is 11.8 Å². The highest BCUT2D eigenvalue weighted by Gasteiger charge is 2.64. The van der Waals surface area contributed by atoms with Crippen LogP contribution in [-0.2, 0) is 46.2 Å². The molecule has 2 unspecified atom stereocenters. The van der Waals surface area contributed by atoms with Crippen molar-refractivity contribution in [3.8, 4) is 0 Å². The molecule has 0 bridgehead atoms. The standard InChI is InChI=1S/C21H26N2O7S3/c1-11(24)29-10-13-16(19(27)30-21(2,3)4)23-17(26)15(18(23)33(28)20(13)31-5)22-14(25)9-12-7-6-8-32-12/h6-8,15,18,20H,9-10H2,1-5H3,(H,22,25)/t15-,18-,20?,33?/m1/s1. The van der Waals surface area contributed by atoms with E-state index in [0.29, 0.717) is 0 Å². The van der Waals surface area contributed by atoms with E-state index in [0.717, 1.165) is 9.78 Å². The number of hydrogen-bond acceptors (Lipinski definition) is 9. The zero-order chi connectivity index (χ0) is 24.5. The molecule has 180 valence electrons. The van der Waals surface area contributed by atoms with E-state index >= 15 is 0 Å². The molecule has 2 aliphatic heterocycles. The first kappa shape index (κ1) is 25.6. The summed E-state index contributed by atoms with van der Waals surface area (Å²) >= 11 is 0.954. The number of β-lactam (4-membered cyclic amide) rings is 1. The summed E-state index contributed by atoms with van der Waals surface area (Å²) in [5, 5.41) is 3.59. The lowest BCUT2D eigenvalue weighted by molar-refractivity contribution is -0.159. The molecular formula is C21H26N2O7S3. The van der Waals surface area contributed by atoms with Crippen molar-refractivity contribution in [3.63, 3.8) is 0 Å². The van der Waals surface area contributed by atoms with E-state index in [-0.39, 0.29) is 30.2 Å². The van der Waals surface area contributed by atoms with Gasteiger partial charge in [0.05, 0.1) is 12.0 Å². The zero-order valence-corrected chi connectivity index (χ0v) is 21.4. The molecule has 0 saturated carbocycles. The summed E-state index contributed by atoms with van der Waals surface area (Å²) in [6.45, 7) is 5.99. The van der Waals surface area contributed by atoms with Crippen LogP contribution in [0, 0.1) is 0 Å². The number of amides is 2. The fourth-order valence-corrected chi connectivity index (χ4v) is 7.36. The fourth-order valence-electron chi connectivity index (χ4n) is 3.51. The second-order valence-corrected chi connectivity index (χ2v) is 12.3. The number of esters is 2. The summed E-state index contributed by atoms with van der Waals surface area (Å²) < 4.78 is 23.3. The Morgan fingerprint density at radius 1 is 1.33 bits per heavy atom. The predicted molar refractivity (Wildman–Crippen MR) is 126 cm³/mol. The van der Waals surface area contributed by atoms with Crippen LogP contribution < -0.4 is 5.32 Å². The van der Waals surface area contributed by atoms with Crippen molar-refractivity contribution in [3.05, 3.63) is 33.7 Å². The van der Waals surface area contributed by atoms with Gasteiger partial charge in [-0.05, 0) is 49.6 Å². The van der Waals surface area contributed by atoms with E-state index in [1.165, 1.54) is 30.0 Å². The molecule has 1 aromatic rings. The molecule has 0 aliphatic carbocycles. The summed E-state index contributed by atoms with van der Waals surface area (Å²) in [4.78, 5) is 52.0. The molecule has 2 amide bonds. The number of hydrogen-bond donors (Lipinski definition) is 1. The van der Waals surface area contributed by atoms with Crippen molar-refractivity contribution in [1.82, 2.24) is 10.2 Å². The Morgan fingerprint density at radius 2 is 2.03 bits per heavy atom. The number of nitrogens with zero attached hydrogens (tertiary/aromatic N) is 1. The Balaban J connectivity index is 1.92. The van der Waals surface area contributed by atoms with Gasteiger partial charge in [0.25, 0.3) is 5.91 Å². The monoisotopic (exact) mass is 514 g/mol. The number of fused-ring (bicyclic) bond motifs is 1.